The highest BCUT2D eigenvalue weighted by atomic mass is 35.5. The fourth-order valence-electron chi connectivity index (χ4n) is 2.10. The summed E-state index contributed by atoms with van der Waals surface area (Å²) in [6, 6.07) is 9.27. The van der Waals surface area contributed by atoms with Crippen molar-refractivity contribution >= 4 is 29.6 Å². The molecule has 0 unspecified atom stereocenters. The van der Waals surface area contributed by atoms with E-state index < -0.39 is 11.9 Å². The Morgan fingerprint density at radius 2 is 2.04 bits per heavy atom. The summed E-state index contributed by atoms with van der Waals surface area (Å²) in [5.41, 5.74) is 1.33. The zero-order chi connectivity index (χ0) is 18.9. The number of benzene rings is 1. The summed E-state index contributed by atoms with van der Waals surface area (Å²) in [5.74, 6) is -0.318. The van der Waals surface area contributed by atoms with Gasteiger partial charge in [0.05, 0.1) is 12.2 Å². The molecular weight excluding hydrogens is 358 g/mol. The Kier molecular flexibility index (Phi) is 7.23. The number of hydrogen-bond acceptors (Lipinski definition) is 5. The Hall–Kier alpha value is -2.80. The maximum Gasteiger partial charge on any atom is 0.331 e. The largest absolute Gasteiger partial charge is 0.492 e. The molecule has 0 aliphatic carbocycles. The number of rotatable bonds is 8. The molecule has 0 fully saturated rings. The maximum atomic E-state index is 11.7. The van der Waals surface area contributed by atoms with Crippen LogP contribution < -0.4 is 10.1 Å². The van der Waals surface area contributed by atoms with Crippen LogP contribution >= 0.6 is 11.6 Å². The van der Waals surface area contributed by atoms with Crippen LogP contribution in [0.3, 0.4) is 0 Å². The van der Waals surface area contributed by atoms with E-state index in [1.165, 1.54) is 16.8 Å². The first-order valence-corrected chi connectivity index (χ1v) is 8.33. The average Bonchev–Trinajstić information content (AvgIpc) is 2.88. The normalized spacial score (nSPS) is 10.7. The quantitative estimate of drug-likeness (QED) is 0.433. The monoisotopic (exact) mass is 377 g/mol. The van der Waals surface area contributed by atoms with Gasteiger partial charge in [-0.3, -0.25) is 9.48 Å². The second-order valence-electron chi connectivity index (χ2n) is 5.37. The van der Waals surface area contributed by atoms with Crippen LogP contribution in [0.5, 0.6) is 5.75 Å². The van der Waals surface area contributed by atoms with Gasteiger partial charge in [0.15, 0.2) is 6.61 Å². The van der Waals surface area contributed by atoms with Gasteiger partial charge in [-0.25, -0.2) is 4.79 Å². The fraction of sp³-hybridized carbons (Fsp3) is 0.278. The average molecular weight is 378 g/mol. The number of hydrogen-bond donors (Lipinski definition) is 1. The minimum Gasteiger partial charge on any atom is -0.492 e. The molecule has 7 nitrogen and oxygen atoms in total. The van der Waals surface area contributed by atoms with E-state index in [2.05, 4.69) is 10.4 Å². The lowest BCUT2D eigenvalue weighted by Gasteiger charge is -2.07. The molecule has 1 amide bonds. The van der Waals surface area contributed by atoms with Crippen LogP contribution in [0.15, 0.2) is 36.4 Å². The Labute approximate surface area is 156 Å². The van der Waals surface area contributed by atoms with Crippen molar-refractivity contribution in [1.29, 1.82) is 0 Å². The molecule has 1 heterocycles. The SMILES string of the molecule is Cc1nn(C)c(Cl)c1/C=C/C(=O)OCC(=O)NCCOc1ccccc1. The predicted octanol–water partition coefficient (Wildman–Crippen LogP) is 2.13. The number of ether oxygens (including phenoxy) is 2. The van der Waals surface area contributed by atoms with Crippen molar-refractivity contribution in [3.8, 4) is 5.75 Å². The smallest absolute Gasteiger partial charge is 0.331 e. The Balaban J connectivity index is 1.66. The van der Waals surface area contributed by atoms with Crippen LogP contribution in [0.25, 0.3) is 6.08 Å². The summed E-state index contributed by atoms with van der Waals surface area (Å²) in [7, 11) is 1.71. The highest BCUT2D eigenvalue weighted by molar-refractivity contribution is 6.31. The number of carbonyl (C=O) groups excluding carboxylic acids is 2. The van der Waals surface area contributed by atoms with E-state index in [1.807, 2.05) is 30.3 Å². The molecule has 0 aliphatic heterocycles. The second-order valence-corrected chi connectivity index (χ2v) is 5.72. The summed E-state index contributed by atoms with van der Waals surface area (Å²) in [6.45, 7) is 2.05. The molecule has 0 radical (unpaired) electrons. The van der Waals surface area contributed by atoms with Crippen molar-refractivity contribution in [3.63, 3.8) is 0 Å². The van der Waals surface area contributed by atoms with Crippen LogP contribution in [0.1, 0.15) is 11.3 Å². The minimum absolute atomic E-state index is 0.311. The first-order chi connectivity index (χ1) is 12.5. The molecule has 1 aromatic heterocycles. The molecule has 0 spiro atoms. The Morgan fingerprint density at radius 3 is 2.69 bits per heavy atom. The molecule has 0 aliphatic rings. The molecule has 138 valence electrons. The molecule has 1 N–H and O–H groups in total. The lowest BCUT2D eigenvalue weighted by molar-refractivity contribution is -0.143. The van der Waals surface area contributed by atoms with Crippen molar-refractivity contribution in [3.05, 3.63) is 52.8 Å². The molecule has 0 bridgehead atoms. The molecule has 0 saturated carbocycles. The van der Waals surface area contributed by atoms with Gasteiger partial charge >= 0.3 is 5.97 Å². The predicted molar refractivity (Wildman–Crippen MR) is 97.9 cm³/mol. The van der Waals surface area contributed by atoms with E-state index in [0.29, 0.717) is 29.6 Å². The summed E-state index contributed by atoms with van der Waals surface area (Å²) in [5, 5.41) is 7.15. The third-order valence-electron chi connectivity index (χ3n) is 3.36. The number of aryl methyl sites for hydroxylation is 2. The Bertz CT molecular complexity index is 787. The van der Waals surface area contributed by atoms with E-state index in [4.69, 9.17) is 21.1 Å². The van der Waals surface area contributed by atoms with E-state index in [-0.39, 0.29) is 6.61 Å². The number of nitrogens with one attached hydrogen (secondary N) is 1. The molecular formula is C18H20ClN3O4. The van der Waals surface area contributed by atoms with Gasteiger partial charge in [-0.05, 0) is 25.1 Å². The number of nitrogens with zero attached hydrogens (tertiary/aromatic N) is 2. The van der Waals surface area contributed by atoms with Gasteiger partial charge in [0.2, 0.25) is 0 Å². The second kappa shape index (κ2) is 9.62. The fourth-order valence-corrected chi connectivity index (χ4v) is 2.34. The van der Waals surface area contributed by atoms with Crippen molar-refractivity contribution < 1.29 is 19.1 Å². The van der Waals surface area contributed by atoms with E-state index in [9.17, 15) is 9.59 Å². The van der Waals surface area contributed by atoms with Crippen molar-refractivity contribution in [1.82, 2.24) is 15.1 Å². The van der Waals surface area contributed by atoms with Crippen LogP contribution in [0.2, 0.25) is 5.15 Å². The first kappa shape index (κ1) is 19.5. The number of carbonyl (C=O) groups is 2. The lowest BCUT2D eigenvalue weighted by Crippen LogP contribution is -2.31. The van der Waals surface area contributed by atoms with Crippen molar-refractivity contribution in [2.24, 2.45) is 7.05 Å². The lowest BCUT2D eigenvalue weighted by atomic mass is 10.2. The molecule has 1 aromatic carbocycles. The number of amides is 1. The van der Waals surface area contributed by atoms with Crippen molar-refractivity contribution in [2.75, 3.05) is 19.8 Å². The number of halogens is 1. The van der Waals surface area contributed by atoms with Gasteiger partial charge in [0, 0.05) is 18.7 Å². The van der Waals surface area contributed by atoms with Gasteiger partial charge in [0.25, 0.3) is 5.91 Å². The van der Waals surface area contributed by atoms with Gasteiger partial charge in [-0.1, -0.05) is 29.8 Å². The first-order valence-electron chi connectivity index (χ1n) is 7.96. The van der Waals surface area contributed by atoms with Gasteiger partial charge in [-0.15, -0.1) is 0 Å². The summed E-state index contributed by atoms with van der Waals surface area (Å²) < 4.78 is 11.8. The summed E-state index contributed by atoms with van der Waals surface area (Å²) >= 11 is 6.06. The van der Waals surface area contributed by atoms with Gasteiger partial charge in [0.1, 0.15) is 17.5 Å². The minimum atomic E-state index is -0.639. The van der Waals surface area contributed by atoms with E-state index in [1.54, 1.807) is 14.0 Å². The molecule has 0 atom stereocenters. The van der Waals surface area contributed by atoms with Crippen molar-refractivity contribution in [2.45, 2.75) is 6.92 Å². The zero-order valence-electron chi connectivity index (χ0n) is 14.6. The molecule has 2 rings (SSSR count). The van der Waals surface area contributed by atoms with Crippen LogP contribution in [0.4, 0.5) is 0 Å². The van der Waals surface area contributed by atoms with Crippen LogP contribution in [-0.2, 0) is 21.4 Å². The highest BCUT2D eigenvalue weighted by Crippen LogP contribution is 2.19. The van der Waals surface area contributed by atoms with Gasteiger partial charge < -0.3 is 14.8 Å². The summed E-state index contributed by atoms with van der Waals surface area (Å²) in [4.78, 5) is 23.3. The molecule has 0 saturated heterocycles. The zero-order valence-corrected chi connectivity index (χ0v) is 15.3. The number of aromatic nitrogens is 2. The van der Waals surface area contributed by atoms with Crippen LogP contribution in [0, 0.1) is 6.92 Å². The Morgan fingerprint density at radius 1 is 1.31 bits per heavy atom. The standard InChI is InChI=1S/C18H20ClN3O4/c1-13-15(18(19)22(2)21-13)8-9-17(24)26-12-16(23)20-10-11-25-14-6-4-3-5-7-14/h3-9H,10-12H2,1-2H3,(H,20,23)/b9-8+. The number of esters is 1. The maximum absolute atomic E-state index is 11.7. The number of para-hydroxylation sites is 1. The highest BCUT2D eigenvalue weighted by Gasteiger charge is 2.09. The third-order valence-corrected chi connectivity index (χ3v) is 3.81. The molecule has 26 heavy (non-hydrogen) atoms. The van der Waals surface area contributed by atoms with Crippen LogP contribution in [-0.4, -0.2) is 41.4 Å². The molecule has 8 heteroatoms. The topological polar surface area (TPSA) is 82.5 Å². The van der Waals surface area contributed by atoms with Gasteiger partial charge in [-0.2, -0.15) is 5.10 Å². The van der Waals surface area contributed by atoms with E-state index in [0.717, 1.165) is 5.75 Å². The third kappa shape index (κ3) is 5.93. The molecule has 2 aromatic rings. The summed E-state index contributed by atoms with van der Waals surface area (Å²) in [6.07, 6.45) is 2.72. The van der Waals surface area contributed by atoms with E-state index >= 15 is 0 Å².